The van der Waals surface area contributed by atoms with Gasteiger partial charge in [0.2, 0.25) is 10.0 Å². The number of hydrogen-bond donors (Lipinski definition) is 2. The van der Waals surface area contributed by atoms with Crippen molar-refractivity contribution in [2.75, 3.05) is 13.6 Å². The molecule has 2 aromatic carbocycles. The number of hydrazine groups is 1. The van der Waals surface area contributed by atoms with Gasteiger partial charge in [0.25, 0.3) is 0 Å². The summed E-state index contributed by atoms with van der Waals surface area (Å²) in [5, 5.41) is 7.26. The quantitative estimate of drug-likeness (QED) is 0.585. The Labute approximate surface area is 206 Å². The van der Waals surface area contributed by atoms with Crippen LogP contribution in [-0.4, -0.2) is 44.3 Å². The highest BCUT2D eigenvalue weighted by Crippen LogP contribution is 2.36. The molecule has 1 aliphatic carbocycles. The molecule has 0 spiro atoms. The Bertz CT molecular complexity index is 1320. The average Bonchev–Trinajstić information content (AvgIpc) is 3.22. The van der Waals surface area contributed by atoms with E-state index in [-0.39, 0.29) is 23.7 Å². The summed E-state index contributed by atoms with van der Waals surface area (Å²) < 4.78 is 66.5. The number of sulfonamides is 1. The molecule has 1 aliphatic heterocycles. The number of nitrogens with one attached hydrogen (secondary N) is 2. The maximum absolute atomic E-state index is 13.3. The zero-order chi connectivity index (χ0) is 25.4. The van der Waals surface area contributed by atoms with Gasteiger partial charge in [0.15, 0.2) is 0 Å². The second-order valence-corrected chi connectivity index (χ2v) is 10.2. The summed E-state index contributed by atoms with van der Waals surface area (Å²) in [4.78, 5) is 2.41. The number of allylic oxidation sites excluding steroid dienone is 3. The molecule has 0 fully saturated rings. The van der Waals surface area contributed by atoms with Crippen molar-refractivity contribution in [3.8, 4) is 0 Å². The third kappa shape index (κ3) is 5.14. The third-order valence-electron chi connectivity index (χ3n) is 5.75. The Morgan fingerprint density at radius 2 is 1.77 bits per heavy atom. The van der Waals surface area contributed by atoms with Crippen LogP contribution in [0.15, 0.2) is 95.3 Å². The maximum atomic E-state index is 13.3. The summed E-state index contributed by atoms with van der Waals surface area (Å²) in [6, 6.07) is 16.5. The van der Waals surface area contributed by atoms with Crippen molar-refractivity contribution in [2.45, 2.75) is 17.3 Å². The fourth-order valence-corrected chi connectivity index (χ4v) is 5.54. The monoisotopic (exact) mass is 522 g/mol. The molecule has 2 unspecified atom stereocenters. The molecule has 0 aromatic heterocycles. The SMILES string of the molecule is C=C1C(NC)=C(C(F)(F)F)C=CC1S(=O)(=O)NN1CC(c2ccccc2)C(c2ccc(Cl)cc2)=N1. The first-order chi connectivity index (χ1) is 16.5. The largest absolute Gasteiger partial charge is 0.418 e. The molecular formula is C24H22ClF3N4O2S. The van der Waals surface area contributed by atoms with Crippen LogP contribution in [0.1, 0.15) is 17.0 Å². The van der Waals surface area contributed by atoms with E-state index >= 15 is 0 Å². The molecule has 184 valence electrons. The second kappa shape index (κ2) is 9.52. The van der Waals surface area contributed by atoms with Crippen molar-refractivity contribution >= 4 is 27.3 Å². The zero-order valence-corrected chi connectivity index (χ0v) is 20.1. The summed E-state index contributed by atoms with van der Waals surface area (Å²) in [5.41, 5.74) is 0.760. The summed E-state index contributed by atoms with van der Waals surface area (Å²) in [7, 11) is -2.94. The number of rotatable bonds is 6. The van der Waals surface area contributed by atoms with E-state index in [1.807, 2.05) is 30.3 Å². The van der Waals surface area contributed by atoms with Crippen molar-refractivity contribution in [3.63, 3.8) is 0 Å². The van der Waals surface area contributed by atoms with E-state index < -0.39 is 27.0 Å². The highest BCUT2D eigenvalue weighted by molar-refractivity contribution is 7.90. The van der Waals surface area contributed by atoms with Crippen molar-refractivity contribution in [1.82, 2.24) is 15.3 Å². The first-order valence-corrected chi connectivity index (χ1v) is 12.5. The van der Waals surface area contributed by atoms with Gasteiger partial charge in [-0.15, -0.1) is 4.83 Å². The molecular weight excluding hydrogens is 501 g/mol. The third-order valence-corrected chi connectivity index (χ3v) is 7.58. The topological polar surface area (TPSA) is 73.8 Å². The van der Waals surface area contributed by atoms with E-state index in [4.69, 9.17) is 11.6 Å². The molecule has 2 aromatic rings. The number of benzene rings is 2. The molecule has 2 atom stereocenters. The van der Waals surface area contributed by atoms with Gasteiger partial charge < -0.3 is 5.32 Å². The number of halogens is 4. The van der Waals surface area contributed by atoms with Crippen LogP contribution in [0.4, 0.5) is 13.2 Å². The molecule has 0 saturated heterocycles. The van der Waals surface area contributed by atoms with Crippen molar-refractivity contribution in [2.24, 2.45) is 5.10 Å². The second-order valence-electron chi connectivity index (χ2n) is 8.02. The summed E-state index contributed by atoms with van der Waals surface area (Å²) >= 11 is 6.01. The van der Waals surface area contributed by atoms with Crippen LogP contribution in [0, 0.1) is 0 Å². The van der Waals surface area contributed by atoms with Crippen LogP contribution in [0.3, 0.4) is 0 Å². The molecule has 2 aliphatic rings. The van der Waals surface area contributed by atoms with Gasteiger partial charge in [0, 0.05) is 18.0 Å². The fourth-order valence-electron chi connectivity index (χ4n) is 4.11. The first kappa shape index (κ1) is 25.0. The Balaban J connectivity index is 1.63. The molecule has 6 nitrogen and oxygen atoms in total. The van der Waals surface area contributed by atoms with E-state index in [1.165, 1.54) is 12.2 Å². The van der Waals surface area contributed by atoms with E-state index in [0.717, 1.165) is 23.3 Å². The van der Waals surface area contributed by atoms with E-state index in [0.29, 0.717) is 10.7 Å². The lowest BCUT2D eigenvalue weighted by Gasteiger charge is -2.27. The zero-order valence-electron chi connectivity index (χ0n) is 18.6. The number of likely N-dealkylation sites (N-methyl/N-ethyl adjacent to an activating group) is 1. The van der Waals surface area contributed by atoms with Crippen LogP contribution in [0.2, 0.25) is 5.02 Å². The number of nitrogens with zero attached hydrogens (tertiary/aromatic N) is 2. The summed E-state index contributed by atoms with van der Waals surface area (Å²) in [6.45, 7) is 3.82. The summed E-state index contributed by atoms with van der Waals surface area (Å²) in [5.74, 6) is -0.255. The molecule has 0 radical (unpaired) electrons. The molecule has 0 bridgehead atoms. The molecule has 35 heavy (non-hydrogen) atoms. The number of hydrazone groups is 1. The van der Waals surface area contributed by atoms with Gasteiger partial charge in [-0.3, -0.25) is 0 Å². The molecule has 2 N–H and O–H groups in total. The lowest BCUT2D eigenvalue weighted by atomic mass is 9.91. The summed E-state index contributed by atoms with van der Waals surface area (Å²) in [6.07, 6.45) is -2.93. The Hall–Kier alpha value is -3.08. The van der Waals surface area contributed by atoms with Crippen LogP contribution < -0.4 is 10.1 Å². The van der Waals surface area contributed by atoms with E-state index in [9.17, 15) is 21.6 Å². The predicted molar refractivity (Wildman–Crippen MR) is 130 cm³/mol. The predicted octanol–water partition coefficient (Wildman–Crippen LogP) is 4.51. The van der Waals surface area contributed by atoms with Crippen molar-refractivity contribution in [3.05, 3.63) is 106 Å². The minimum Gasteiger partial charge on any atom is -0.387 e. The average molecular weight is 523 g/mol. The van der Waals surface area contributed by atoms with Gasteiger partial charge in [-0.25, -0.2) is 13.5 Å². The van der Waals surface area contributed by atoms with Crippen molar-refractivity contribution < 1.29 is 21.6 Å². The number of alkyl halides is 3. The molecule has 0 amide bonds. The molecule has 11 heteroatoms. The Morgan fingerprint density at radius 1 is 1.11 bits per heavy atom. The van der Waals surface area contributed by atoms with Gasteiger partial charge in [-0.2, -0.15) is 18.3 Å². The lowest BCUT2D eigenvalue weighted by molar-refractivity contribution is -0.0892. The van der Waals surface area contributed by atoms with Crippen molar-refractivity contribution in [1.29, 1.82) is 0 Å². The highest BCUT2D eigenvalue weighted by atomic mass is 35.5. The Morgan fingerprint density at radius 3 is 2.37 bits per heavy atom. The van der Waals surface area contributed by atoms with Gasteiger partial charge in [-0.1, -0.05) is 72.8 Å². The van der Waals surface area contributed by atoms with Crippen LogP contribution in [0.25, 0.3) is 0 Å². The Kier molecular flexibility index (Phi) is 6.81. The normalized spacial score (nSPS) is 20.9. The van der Waals surface area contributed by atoms with Gasteiger partial charge in [0.05, 0.1) is 23.5 Å². The van der Waals surface area contributed by atoms with Gasteiger partial charge in [0.1, 0.15) is 5.25 Å². The minimum atomic E-state index is -4.66. The smallest absolute Gasteiger partial charge is 0.387 e. The fraction of sp³-hybridized carbons (Fsp3) is 0.208. The van der Waals surface area contributed by atoms with Gasteiger partial charge >= 0.3 is 6.18 Å². The highest BCUT2D eigenvalue weighted by Gasteiger charge is 2.41. The van der Waals surface area contributed by atoms with Crippen LogP contribution in [0.5, 0.6) is 0 Å². The molecule has 4 rings (SSSR count). The molecule has 0 saturated carbocycles. The lowest BCUT2D eigenvalue weighted by Crippen LogP contribution is -2.44. The van der Waals surface area contributed by atoms with E-state index in [2.05, 4.69) is 21.8 Å². The first-order valence-electron chi connectivity index (χ1n) is 10.6. The van der Waals surface area contributed by atoms with Gasteiger partial charge in [-0.05, 0) is 28.8 Å². The minimum absolute atomic E-state index is 0.187. The molecule has 1 heterocycles. The van der Waals surface area contributed by atoms with E-state index in [1.54, 1.807) is 24.3 Å². The van der Waals surface area contributed by atoms with Crippen LogP contribution >= 0.6 is 11.6 Å². The van der Waals surface area contributed by atoms with Crippen LogP contribution in [-0.2, 0) is 10.0 Å². The standard InChI is InChI=1S/C24H22ClF3N4O2S/c1-15-21(13-12-20(22(15)29-2)24(26,27)28)35(33,34)31-32-14-19(16-6-4-3-5-7-16)23(30-32)17-8-10-18(25)11-9-17/h3-13,19,21,29,31H,1,14H2,2H3. The number of hydrogen-bond acceptors (Lipinski definition) is 5. The maximum Gasteiger partial charge on any atom is 0.418 e.